The molecule has 0 aliphatic carbocycles. The van der Waals surface area contributed by atoms with E-state index in [9.17, 15) is 20.1 Å². The van der Waals surface area contributed by atoms with E-state index in [0.717, 1.165) is 51.4 Å². The van der Waals surface area contributed by atoms with Crippen LogP contribution in [0.5, 0.6) is 0 Å². The van der Waals surface area contributed by atoms with Gasteiger partial charge in [-0.1, -0.05) is 41.5 Å². The maximum absolute atomic E-state index is 11.8. The number of rotatable bonds is 9. The van der Waals surface area contributed by atoms with Crippen LogP contribution in [0.4, 0.5) is 0 Å². The molecule has 6 saturated heterocycles. The van der Waals surface area contributed by atoms with Crippen LogP contribution in [0.3, 0.4) is 0 Å². The largest absolute Gasteiger partial charge is 0.481 e. The minimum Gasteiger partial charge on any atom is -0.481 e. The summed E-state index contributed by atoms with van der Waals surface area (Å²) in [6.07, 6.45) is 5.85. The number of aliphatic carboxylic acids is 1. The number of carbonyl (C=O) groups is 1. The van der Waals surface area contributed by atoms with Crippen molar-refractivity contribution in [2.24, 2.45) is 41.4 Å². The van der Waals surface area contributed by atoms with Gasteiger partial charge < -0.3 is 48.5 Å². The summed E-state index contributed by atoms with van der Waals surface area (Å²) in [5, 5.41) is 30.7. The Bertz CT molecular complexity index is 1230. The van der Waals surface area contributed by atoms with Crippen LogP contribution in [0.25, 0.3) is 0 Å². The first kappa shape index (κ1) is 39.8. The maximum Gasteiger partial charge on any atom is 0.308 e. The molecule has 0 bridgehead atoms. The molecule has 6 rings (SSSR count). The summed E-state index contributed by atoms with van der Waals surface area (Å²) >= 11 is 0. The average molecular weight is 725 g/mol. The van der Waals surface area contributed by atoms with Gasteiger partial charge in [-0.05, 0) is 83.5 Å². The predicted octanol–water partition coefficient (Wildman–Crippen LogP) is 5.71. The fraction of sp³-hybridized carbons (Fsp3) is 0.975. The van der Waals surface area contributed by atoms with Crippen LogP contribution in [0.1, 0.15) is 120 Å². The molecule has 0 saturated carbocycles. The Morgan fingerprint density at radius 3 is 2.25 bits per heavy atom. The highest BCUT2D eigenvalue weighted by molar-refractivity contribution is 5.70. The number of hydrogen-bond donors (Lipinski definition) is 3. The van der Waals surface area contributed by atoms with Crippen molar-refractivity contribution in [1.82, 2.24) is 0 Å². The van der Waals surface area contributed by atoms with Crippen molar-refractivity contribution in [3.05, 3.63) is 0 Å². The summed E-state index contributed by atoms with van der Waals surface area (Å²) in [6, 6.07) is 0. The summed E-state index contributed by atoms with van der Waals surface area (Å²) in [6.45, 7) is 18.4. The van der Waals surface area contributed by atoms with Gasteiger partial charge in [0.1, 0.15) is 0 Å². The van der Waals surface area contributed by atoms with Crippen LogP contribution in [-0.4, -0.2) is 107 Å². The number of carboxylic acid groups (broad SMARTS) is 1. The van der Waals surface area contributed by atoms with Crippen molar-refractivity contribution >= 4 is 5.97 Å². The second-order valence-electron chi connectivity index (χ2n) is 18.4. The van der Waals surface area contributed by atoms with Gasteiger partial charge in [0.2, 0.25) is 0 Å². The zero-order valence-corrected chi connectivity index (χ0v) is 32.8. The molecule has 0 aromatic rings. The minimum absolute atomic E-state index is 0.00727. The third kappa shape index (κ3) is 7.19. The van der Waals surface area contributed by atoms with E-state index in [4.69, 9.17) is 33.2 Å². The first-order valence-corrected chi connectivity index (χ1v) is 20.0. The van der Waals surface area contributed by atoms with E-state index in [2.05, 4.69) is 48.5 Å². The molecule has 6 aliphatic heterocycles. The van der Waals surface area contributed by atoms with Gasteiger partial charge >= 0.3 is 5.97 Å². The highest BCUT2D eigenvalue weighted by Crippen LogP contribution is 2.57. The molecule has 11 nitrogen and oxygen atoms in total. The second-order valence-corrected chi connectivity index (χ2v) is 18.4. The molecule has 11 heteroatoms. The van der Waals surface area contributed by atoms with Crippen molar-refractivity contribution in [3.8, 4) is 0 Å². The molecule has 6 heterocycles. The van der Waals surface area contributed by atoms with E-state index >= 15 is 0 Å². The first-order valence-electron chi connectivity index (χ1n) is 20.0. The van der Waals surface area contributed by atoms with Crippen molar-refractivity contribution in [2.75, 3.05) is 13.7 Å². The van der Waals surface area contributed by atoms with Crippen LogP contribution in [0, 0.1) is 41.4 Å². The summed E-state index contributed by atoms with van der Waals surface area (Å²) in [5.74, 6) is -3.26. The van der Waals surface area contributed by atoms with E-state index in [0.29, 0.717) is 6.42 Å². The molecule has 6 aliphatic rings. The van der Waals surface area contributed by atoms with Crippen LogP contribution in [0.2, 0.25) is 0 Å². The van der Waals surface area contributed by atoms with Gasteiger partial charge in [0.05, 0.1) is 72.6 Å². The fourth-order valence-corrected chi connectivity index (χ4v) is 11.3. The Balaban J connectivity index is 1.13. The molecule has 19 atom stereocenters. The van der Waals surface area contributed by atoms with Gasteiger partial charge in [-0.15, -0.1) is 0 Å². The van der Waals surface area contributed by atoms with Crippen LogP contribution in [-0.2, 0) is 38.0 Å². The van der Waals surface area contributed by atoms with E-state index in [-0.39, 0.29) is 84.3 Å². The maximum atomic E-state index is 11.8. The fourth-order valence-electron chi connectivity index (χ4n) is 11.3. The molecule has 0 unspecified atom stereocenters. The smallest absolute Gasteiger partial charge is 0.308 e. The molecule has 51 heavy (non-hydrogen) atoms. The summed E-state index contributed by atoms with van der Waals surface area (Å²) in [4.78, 5) is 11.8. The SMILES string of the molecule is CO[C@H]1C[C@@H](C[C@H]2CC[C@H](C)[C@H]([C@H](C)C(=O)O)O2)O[C@]2(O[C@](C)([C@H]3CC[C@](C)([C@@H]4O[C@@H]([C@H]5O[C@@](O)(CO)[C@H](C)C[C@@H]5C)C[C@@H]4C)O3)C[C@@H]2C)[C@@H]1C. The molecule has 0 aromatic heterocycles. The number of hydrogen-bond acceptors (Lipinski definition) is 10. The quantitative estimate of drug-likeness (QED) is 0.269. The lowest BCUT2D eigenvalue weighted by molar-refractivity contribution is -0.353. The van der Waals surface area contributed by atoms with E-state index in [1.165, 1.54) is 0 Å². The van der Waals surface area contributed by atoms with Crippen molar-refractivity contribution in [3.63, 3.8) is 0 Å². The van der Waals surface area contributed by atoms with Crippen molar-refractivity contribution in [1.29, 1.82) is 0 Å². The van der Waals surface area contributed by atoms with E-state index in [1.54, 1.807) is 14.0 Å². The lowest BCUT2D eigenvalue weighted by atomic mass is 9.78. The Kier molecular flexibility index (Phi) is 11.4. The van der Waals surface area contributed by atoms with Gasteiger partial charge in [-0.3, -0.25) is 4.79 Å². The zero-order chi connectivity index (χ0) is 37.3. The third-order valence-corrected chi connectivity index (χ3v) is 14.4. The molecular formula is C40H68O11. The highest BCUT2D eigenvalue weighted by Gasteiger charge is 2.65. The van der Waals surface area contributed by atoms with Crippen LogP contribution in [0.15, 0.2) is 0 Å². The Labute approximate surface area is 305 Å². The van der Waals surface area contributed by atoms with Gasteiger partial charge in [0.25, 0.3) is 0 Å². The van der Waals surface area contributed by atoms with Crippen LogP contribution >= 0.6 is 0 Å². The average Bonchev–Trinajstić information content (AvgIpc) is 3.75. The summed E-state index contributed by atoms with van der Waals surface area (Å²) in [7, 11) is 1.77. The lowest BCUT2D eigenvalue weighted by Crippen LogP contribution is -2.58. The normalized spacial score (nSPS) is 54.2. The van der Waals surface area contributed by atoms with Gasteiger partial charge in [0.15, 0.2) is 11.6 Å². The Morgan fingerprint density at radius 2 is 1.59 bits per heavy atom. The number of methoxy groups -OCH3 is 1. The standard InChI is InChI=1S/C40H68O11/c1-21-11-12-28(46-33(21)26(6)36(42)43)17-29-18-30(45-10)27(7)40(48-29)25(5)19-38(9,51-40)32-13-14-37(8,49-32)35-23(3)16-31(47-35)34-22(2)15-24(4)39(44,20-41)50-34/h21-35,41,44H,11-20H2,1-10H3,(H,42,43)/t21-,22-,23-,24+,25-,26-,27+,28+,29+,30-,31+,32+,33+,34-,35+,37+,38-,39-,40+/m0/s1. The molecule has 0 aromatic carbocycles. The number of aliphatic hydroxyl groups excluding tert-OH is 1. The highest BCUT2D eigenvalue weighted by atomic mass is 16.7. The molecule has 6 fully saturated rings. The molecule has 1 spiro atoms. The van der Waals surface area contributed by atoms with Crippen LogP contribution < -0.4 is 0 Å². The van der Waals surface area contributed by atoms with Gasteiger partial charge in [-0.2, -0.15) is 0 Å². The second kappa shape index (κ2) is 14.6. The van der Waals surface area contributed by atoms with Crippen molar-refractivity contribution < 1.29 is 53.3 Å². The number of aliphatic hydroxyl groups is 2. The topological polar surface area (TPSA) is 142 Å². The van der Waals surface area contributed by atoms with Gasteiger partial charge in [0, 0.05) is 37.7 Å². The summed E-state index contributed by atoms with van der Waals surface area (Å²) < 4.78 is 47.0. The predicted molar refractivity (Wildman–Crippen MR) is 189 cm³/mol. The Hall–Kier alpha value is -0.890. The monoisotopic (exact) mass is 724 g/mol. The molecule has 294 valence electrons. The molecule has 3 N–H and O–H groups in total. The zero-order valence-electron chi connectivity index (χ0n) is 32.8. The van der Waals surface area contributed by atoms with Crippen molar-refractivity contribution in [2.45, 2.75) is 192 Å². The lowest BCUT2D eigenvalue weighted by Gasteiger charge is -2.50. The molecular weight excluding hydrogens is 656 g/mol. The molecule has 0 radical (unpaired) electrons. The number of ether oxygens (including phenoxy) is 7. The van der Waals surface area contributed by atoms with E-state index in [1.807, 2.05) is 6.92 Å². The number of carboxylic acids is 1. The Morgan fingerprint density at radius 1 is 0.863 bits per heavy atom. The third-order valence-electron chi connectivity index (χ3n) is 14.4. The summed E-state index contributed by atoms with van der Waals surface area (Å²) in [5.41, 5.74) is -1.10. The molecule has 0 amide bonds. The van der Waals surface area contributed by atoms with Gasteiger partial charge in [-0.25, -0.2) is 0 Å². The first-order chi connectivity index (χ1) is 23.9. The minimum atomic E-state index is -1.55. The van der Waals surface area contributed by atoms with E-state index < -0.39 is 41.3 Å².